The van der Waals surface area contributed by atoms with E-state index in [1.807, 2.05) is 25.4 Å². The maximum absolute atomic E-state index is 5.62. The molecule has 0 bridgehead atoms. The van der Waals surface area contributed by atoms with E-state index >= 15 is 0 Å². The van der Waals surface area contributed by atoms with Crippen LogP contribution in [-0.4, -0.2) is 15.4 Å². The molecule has 2 nitrogen and oxygen atoms in total. The van der Waals surface area contributed by atoms with Gasteiger partial charge in [0.1, 0.15) is 5.82 Å². The summed E-state index contributed by atoms with van der Waals surface area (Å²) in [5.74, 6) is 1.90. The molecule has 0 amide bonds. The Morgan fingerprint density at radius 2 is 1.32 bits per heavy atom. The topological polar surface area (TPSA) is 17.8 Å². The number of alkyl halides is 1. The van der Waals surface area contributed by atoms with Crippen molar-refractivity contribution < 1.29 is 0 Å². The third-order valence-corrected chi connectivity index (χ3v) is 5.37. The van der Waals surface area contributed by atoms with E-state index in [2.05, 4.69) is 40.7 Å². The highest BCUT2D eigenvalue weighted by atomic mass is 35.5. The van der Waals surface area contributed by atoms with Crippen molar-refractivity contribution in [2.75, 3.05) is 5.88 Å². The number of rotatable bonds is 14. The fourth-order valence-electron chi connectivity index (χ4n) is 3.29. The second-order valence-electron chi connectivity index (χ2n) is 7.67. The number of halogens is 1. The van der Waals surface area contributed by atoms with Gasteiger partial charge in [0.2, 0.25) is 0 Å². The number of aromatic nitrogens is 2. The van der Waals surface area contributed by atoms with Crippen LogP contribution in [0.25, 0.3) is 0 Å². The van der Waals surface area contributed by atoms with Gasteiger partial charge in [0.25, 0.3) is 0 Å². The predicted molar refractivity (Wildman–Crippen MR) is 124 cm³/mol. The molecule has 0 saturated heterocycles. The summed E-state index contributed by atoms with van der Waals surface area (Å²) in [5.41, 5.74) is 1.31. The predicted octanol–water partition coefficient (Wildman–Crippen LogP) is 8.17. The van der Waals surface area contributed by atoms with Gasteiger partial charge in [0.05, 0.1) is 0 Å². The molecule has 0 aliphatic heterocycles. The molecule has 28 heavy (non-hydrogen) atoms. The van der Waals surface area contributed by atoms with Gasteiger partial charge >= 0.3 is 0 Å². The average Bonchev–Trinajstić information content (AvgIpc) is 3.12. The molecule has 0 atom stereocenters. The standard InChI is InChI=1S/C14H29Cl.C11H12N2/c1-2-3-4-5-6-7-8-9-10-11-12-13-14-15;1-10-12-7-8-13(10)9-11-5-3-2-4-6-11/h2-14H2,1H3;2-8H,9H2,1H3. The first-order chi connectivity index (χ1) is 13.8. The monoisotopic (exact) mass is 404 g/mol. The molecule has 0 spiro atoms. The van der Waals surface area contributed by atoms with E-state index in [9.17, 15) is 0 Å². The van der Waals surface area contributed by atoms with Crippen LogP contribution in [-0.2, 0) is 6.54 Å². The normalized spacial score (nSPS) is 10.5. The van der Waals surface area contributed by atoms with Crippen molar-refractivity contribution in [1.82, 2.24) is 9.55 Å². The summed E-state index contributed by atoms with van der Waals surface area (Å²) in [5, 5.41) is 0. The van der Waals surface area contributed by atoms with E-state index in [0.717, 1.165) is 18.2 Å². The van der Waals surface area contributed by atoms with Gasteiger partial charge in [-0.15, -0.1) is 11.6 Å². The Labute approximate surface area is 178 Å². The fourth-order valence-corrected chi connectivity index (χ4v) is 3.48. The highest BCUT2D eigenvalue weighted by molar-refractivity contribution is 6.17. The zero-order valence-corrected chi connectivity index (χ0v) is 19.0. The van der Waals surface area contributed by atoms with Crippen LogP contribution in [0.2, 0.25) is 0 Å². The number of benzene rings is 1. The lowest BCUT2D eigenvalue weighted by Crippen LogP contribution is -1.99. The lowest BCUT2D eigenvalue weighted by Gasteiger charge is -2.03. The molecule has 3 heteroatoms. The van der Waals surface area contributed by atoms with E-state index in [0.29, 0.717) is 0 Å². The number of imidazole rings is 1. The molecule has 0 saturated carbocycles. The Hall–Kier alpha value is -1.28. The Bertz CT molecular complexity index is 553. The van der Waals surface area contributed by atoms with Crippen LogP contribution in [0.5, 0.6) is 0 Å². The summed E-state index contributed by atoms with van der Waals surface area (Å²) in [7, 11) is 0. The molecule has 0 unspecified atom stereocenters. The van der Waals surface area contributed by atoms with Gasteiger partial charge < -0.3 is 4.57 Å². The summed E-state index contributed by atoms with van der Waals surface area (Å²) in [6, 6.07) is 10.4. The molecule has 0 fully saturated rings. The van der Waals surface area contributed by atoms with Crippen LogP contribution in [0.3, 0.4) is 0 Å². The maximum atomic E-state index is 5.62. The zero-order valence-electron chi connectivity index (χ0n) is 18.2. The first-order valence-electron chi connectivity index (χ1n) is 11.4. The average molecular weight is 405 g/mol. The van der Waals surface area contributed by atoms with Crippen LogP contribution < -0.4 is 0 Å². The van der Waals surface area contributed by atoms with Crippen molar-refractivity contribution in [2.24, 2.45) is 0 Å². The van der Waals surface area contributed by atoms with E-state index in [4.69, 9.17) is 11.6 Å². The smallest absolute Gasteiger partial charge is 0.105 e. The minimum Gasteiger partial charge on any atom is -0.331 e. The molecule has 1 heterocycles. The molecule has 0 aliphatic rings. The summed E-state index contributed by atoms with van der Waals surface area (Å²) in [6.45, 7) is 5.20. The third-order valence-electron chi connectivity index (χ3n) is 5.11. The van der Waals surface area contributed by atoms with E-state index in [-0.39, 0.29) is 0 Å². The van der Waals surface area contributed by atoms with Crippen LogP contribution in [0.4, 0.5) is 0 Å². The molecule has 2 aromatic rings. The summed E-state index contributed by atoms with van der Waals surface area (Å²) < 4.78 is 2.13. The second kappa shape index (κ2) is 17.8. The summed E-state index contributed by atoms with van der Waals surface area (Å²) in [4.78, 5) is 4.18. The van der Waals surface area contributed by atoms with Gasteiger partial charge in [-0.05, 0) is 18.9 Å². The quantitative estimate of drug-likeness (QED) is 0.229. The van der Waals surface area contributed by atoms with Crippen LogP contribution in [0.15, 0.2) is 42.7 Å². The van der Waals surface area contributed by atoms with E-state index < -0.39 is 0 Å². The number of aryl methyl sites for hydroxylation is 1. The minimum absolute atomic E-state index is 0.845. The Morgan fingerprint density at radius 1 is 0.786 bits per heavy atom. The minimum atomic E-state index is 0.845. The molecule has 0 N–H and O–H groups in total. The van der Waals surface area contributed by atoms with E-state index in [1.54, 1.807) is 0 Å². The van der Waals surface area contributed by atoms with Crippen LogP contribution in [0, 0.1) is 6.92 Å². The fraction of sp³-hybridized carbons (Fsp3) is 0.640. The number of hydrogen-bond donors (Lipinski definition) is 0. The van der Waals surface area contributed by atoms with Crippen LogP contribution >= 0.6 is 11.6 Å². The first-order valence-corrected chi connectivity index (χ1v) is 11.9. The lowest BCUT2D eigenvalue weighted by molar-refractivity contribution is 0.548. The largest absolute Gasteiger partial charge is 0.331 e. The molecular weight excluding hydrogens is 364 g/mol. The third kappa shape index (κ3) is 13.0. The van der Waals surface area contributed by atoms with Crippen LogP contribution in [0.1, 0.15) is 95.4 Å². The molecule has 1 aromatic heterocycles. The molecular formula is C25H41ClN2. The van der Waals surface area contributed by atoms with Crippen molar-refractivity contribution >= 4 is 11.6 Å². The number of unbranched alkanes of at least 4 members (excludes halogenated alkanes) is 11. The van der Waals surface area contributed by atoms with Crippen molar-refractivity contribution in [3.05, 3.63) is 54.1 Å². The first kappa shape index (κ1) is 24.8. The van der Waals surface area contributed by atoms with Crippen molar-refractivity contribution in [3.63, 3.8) is 0 Å². The number of hydrogen-bond acceptors (Lipinski definition) is 1. The SMILES string of the molecule is CCCCCCCCCCCCCCCl.Cc1nccn1Cc1ccccc1. The molecule has 0 radical (unpaired) electrons. The highest BCUT2D eigenvalue weighted by Gasteiger charge is 1.96. The van der Waals surface area contributed by atoms with Gasteiger partial charge in [-0.25, -0.2) is 4.98 Å². The van der Waals surface area contributed by atoms with Crippen molar-refractivity contribution in [3.8, 4) is 0 Å². The van der Waals surface area contributed by atoms with Gasteiger partial charge in [-0.2, -0.15) is 0 Å². The second-order valence-corrected chi connectivity index (χ2v) is 8.04. The lowest BCUT2D eigenvalue weighted by atomic mass is 10.1. The molecule has 1 aromatic carbocycles. The zero-order chi connectivity index (χ0) is 20.3. The Kier molecular flexibility index (Phi) is 15.7. The summed E-state index contributed by atoms with van der Waals surface area (Å²) >= 11 is 5.62. The van der Waals surface area contributed by atoms with Crippen molar-refractivity contribution in [2.45, 2.75) is 97.4 Å². The molecule has 0 aliphatic carbocycles. The van der Waals surface area contributed by atoms with E-state index in [1.165, 1.54) is 82.6 Å². The number of nitrogens with zero attached hydrogens (tertiary/aromatic N) is 2. The maximum Gasteiger partial charge on any atom is 0.105 e. The van der Waals surface area contributed by atoms with Gasteiger partial charge in [-0.3, -0.25) is 0 Å². The van der Waals surface area contributed by atoms with Gasteiger partial charge in [0, 0.05) is 24.8 Å². The van der Waals surface area contributed by atoms with Crippen molar-refractivity contribution in [1.29, 1.82) is 0 Å². The Morgan fingerprint density at radius 3 is 1.79 bits per heavy atom. The van der Waals surface area contributed by atoms with Gasteiger partial charge in [0.15, 0.2) is 0 Å². The summed E-state index contributed by atoms with van der Waals surface area (Å²) in [6.07, 6.45) is 20.7. The Balaban J connectivity index is 0.000000281. The highest BCUT2D eigenvalue weighted by Crippen LogP contribution is 2.12. The molecule has 158 valence electrons. The van der Waals surface area contributed by atoms with Gasteiger partial charge in [-0.1, -0.05) is 108 Å². The molecule has 2 rings (SSSR count).